The summed E-state index contributed by atoms with van der Waals surface area (Å²) < 4.78 is 13.5. The van der Waals surface area contributed by atoms with Crippen molar-refractivity contribution in [2.75, 3.05) is 6.54 Å². The van der Waals surface area contributed by atoms with Crippen LogP contribution in [0.15, 0.2) is 24.3 Å². The number of rotatable bonds is 4. The van der Waals surface area contributed by atoms with Crippen molar-refractivity contribution >= 4 is 5.97 Å². The Balaban J connectivity index is 3.11. The lowest BCUT2D eigenvalue weighted by Gasteiger charge is -2.26. The molecule has 0 aliphatic rings. The molecule has 0 radical (unpaired) electrons. The van der Waals surface area contributed by atoms with E-state index in [0.717, 1.165) is 0 Å². The van der Waals surface area contributed by atoms with Crippen molar-refractivity contribution in [2.45, 2.75) is 18.8 Å². The molecule has 3 N–H and O–H groups in total. The van der Waals surface area contributed by atoms with Gasteiger partial charge in [0, 0.05) is 12.0 Å². The molecule has 1 unspecified atom stereocenters. The summed E-state index contributed by atoms with van der Waals surface area (Å²) in [4.78, 5) is 10.7. The predicted octanol–water partition coefficient (Wildman–Crippen LogP) is 1.52. The summed E-state index contributed by atoms with van der Waals surface area (Å²) in [5.74, 6) is -1.39. The Bertz CT molecular complexity index is 367. The van der Waals surface area contributed by atoms with Gasteiger partial charge in [-0.25, -0.2) is 4.39 Å². The van der Waals surface area contributed by atoms with E-state index in [0.29, 0.717) is 5.56 Å². The molecule has 0 aliphatic heterocycles. The molecule has 0 aliphatic carbocycles. The molecule has 0 heterocycles. The minimum atomic E-state index is -0.980. The second-order valence-electron chi connectivity index (χ2n) is 3.82. The zero-order valence-electron chi connectivity index (χ0n) is 8.53. The first-order valence-corrected chi connectivity index (χ1v) is 4.66. The number of carbonyl (C=O) groups is 1. The number of nitrogens with two attached hydrogens (primary N) is 1. The van der Waals surface area contributed by atoms with Crippen LogP contribution in [0.25, 0.3) is 0 Å². The Labute approximate surface area is 87.7 Å². The molecule has 0 aromatic heterocycles. The third kappa shape index (κ3) is 2.53. The second kappa shape index (κ2) is 4.40. The third-order valence-corrected chi connectivity index (χ3v) is 2.52. The van der Waals surface area contributed by atoms with Crippen molar-refractivity contribution in [1.82, 2.24) is 0 Å². The fourth-order valence-corrected chi connectivity index (χ4v) is 1.56. The molecule has 0 amide bonds. The normalized spacial score (nSPS) is 14.6. The maximum Gasteiger partial charge on any atom is 0.304 e. The summed E-state index contributed by atoms with van der Waals surface area (Å²) in [6.07, 6.45) is -0.176. The van der Waals surface area contributed by atoms with Gasteiger partial charge in [0.25, 0.3) is 0 Å². The molecule has 0 spiro atoms. The standard InChI is InChI=1S/C11H14FNO2/c1-11(7-13,6-10(14)15)8-4-2-3-5-9(8)12/h2-5H,6-7,13H2,1H3,(H,14,15). The first-order valence-electron chi connectivity index (χ1n) is 4.66. The first-order chi connectivity index (χ1) is 6.99. The predicted molar refractivity (Wildman–Crippen MR) is 55.1 cm³/mol. The van der Waals surface area contributed by atoms with Gasteiger partial charge < -0.3 is 10.8 Å². The molecule has 1 aromatic carbocycles. The van der Waals surface area contributed by atoms with Crippen LogP contribution in [0.2, 0.25) is 0 Å². The average Bonchev–Trinajstić information content (AvgIpc) is 2.17. The Morgan fingerprint density at radius 2 is 2.13 bits per heavy atom. The monoisotopic (exact) mass is 211 g/mol. The van der Waals surface area contributed by atoms with Gasteiger partial charge in [-0.05, 0) is 11.6 Å². The molecule has 3 nitrogen and oxygen atoms in total. The average molecular weight is 211 g/mol. The zero-order valence-corrected chi connectivity index (χ0v) is 8.53. The number of halogens is 1. The van der Waals surface area contributed by atoms with E-state index in [2.05, 4.69) is 0 Å². The van der Waals surface area contributed by atoms with E-state index in [1.54, 1.807) is 25.1 Å². The molecule has 4 heteroatoms. The number of hydrogen-bond donors (Lipinski definition) is 2. The molecule has 15 heavy (non-hydrogen) atoms. The van der Waals surface area contributed by atoms with Gasteiger partial charge in [0.05, 0.1) is 6.42 Å². The minimum Gasteiger partial charge on any atom is -0.481 e. The lowest BCUT2D eigenvalue weighted by Crippen LogP contribution is -2.35. The Kier molecular flexibility index (Phi) is 3.42. The summed E-state index contributed by atoms with van der Waals surface area (Å²) in [7, 11) is 0. The van der Waals surface area contributed by atoms with Crippen LogP contribution in [0.1, 0.15) is 18.9 Å². The quantitative estimate of drug-likeness (QED) is 0.793. The molecule has 0 saturated heterocycles. The molecule has 1 rings (SSSR count). The highest BCUT2D eigenvalue weighted by Gasteiger charge is 2.30. The second-order valence-corrected chi connectivity index (χ2v) is 3.82. The van der Waals surface area contributed by atoms with Crippen molar-refractivity contribution in [1.29, 1.82) is 0 Å². The van der Waals surface area contributed by atoms with Gasteiger partial charge >= 0.3 is 5.97 Å². The Morgan fingerprint density at radius 1 is 1.53 bits per heavy atom. The van der Waals surface area contributed by atoms with Crippen LogP contribution in [0.4, 0.5) is 4.39 Å². The van der Waals surface area contributed by atoms with E-state index < -0.39 is 17.2 Å². The van der Waals surface area contributed by atoms with Crippen molar-refractivity contribution in [3.63, 3.8) is 0 Å². The van der Waals surface area contributed by atoms with Gasteiger partial charge in [0.15, 0.2) is 0 Å². The minimum absolute atomic E-state index is 0.0975. The SMILES string of the molecule is CC(CN)(CC(=O)O)c1ccccc1F. The maximum absolute atomic E-state index is 13.5. The van der Waals surface area contributed by atoms with Crippen molar-refractivity contribution in [3.8, 4) is 0 Å². The van der Waals surface area contributed by atoms with Gasteiger partial charge in [-0.1, -0.05) is 25.1 Å². The van der Waals surface area contributed by atoms with Gasteiger partial charge in [0.2, 0.25) is 0 Å². The number of carboxylic acids is 1. The topological polar surface area (TPSA) is 63.3 Å². The fourth-order valence-electron chi connectivity index (χ4n) is 1.56. The summed E-state index contributed by atoms with van der Waals surface area (Å²) >= 11 is 0. The Hall–Kier alpha value is -1.42. The van der Waals surface area contributed by atoms with E-state index in [1.165, 1.54) is 6.07 Å². The summed E-state index contributed by atoms with van der Waals surface area (Å²) in [5.41, 5.74) is 5.03. The molecule has 0 saturated carbocycles. The lowest BCUT2D eigenvalue weighted by atomic mass is 9.79. The van der Waals surface area contributed by atoms with Crippen molar-refractivity contribution < 1.29 is 14.3 Å². The van der Waals surface area contributed by atoms with E-state index in [9.17, 15) is 9.18 Å². The molecule has 82 valence electrons. The van der Waals surface area contributed by atoms with E-state index in [-0.39, 0.29) is 13.0 Å². The number of aliphatic carboxylic acids is 1. The van der Waals surface area contributed by atoms with Gasteiger partial charge in [-0.3, -0.25) is 4.79 Å². The highest BCUT2D eigenvalue weighted by Crippen LogP contribution is 2.28. The van der Waals surface area contributed by atoms with Crippen LogP contribution in [0, 0.1) is 5.82 Å². The van der Waals surface area contributed by atoms with Gasteiger partial charge in [-0.2, -0.15) is 0 Å². The highest BCUT2D eigenvalue weighted by atomic mass is 19.1. The number of carboxylic acid groups (broad SMARTS) is 1. The van der Waals surface area contributed by atoms with Crippen LogP contribution in [0.5, 0.6) is 0 Å². The fraction of sp³-hybridized carbons (Fsp3) is 0.364. The zero-order chi connectivity index (χ0) is 11.5. The summed E-state index contributed by atoms with van der Waals surface area (Å²) in [5, 5.41) is 8.75. The molecule has 1 aromatic rings. The van der Waals surface area contributed by atoms with Crippen LogP contribution in [-0.2, 0) is 10.2 Å². The number of benzene rings is 1. The number of hydrogen-bond acceptors (Lipinski definition) is 2. The van der Waals surface area contributed by atoms with E-state index in [4.69, 9.17) is 10.8 Å². The van der Waals surface area contributed by atoms with Gasteiger partial charge in [0.1, 0.15) is 5.82 Å². The van der Waals surface area contributed by atoms with E-state index >= 15 is 0 Å². The molecular weight excluding hydrogens is 197 g/mol. The highest BCUT2D eigenvalue weighted by molar-refractivity contribution is 5.69. The summed E-state index contributed by atoms with van der Waals surface area (Å²) in [6, 6.07) is 6.13. The maximum atomic E-state index is 13.5. The molecule has 0 fully saturated rings. The first kappa shape index (κ1) is 11.7. The van der Waals surface area contributed by atoms with Crippen LogP contribution >= 0.6 is 0 Å². The van der Waals surface area contributed by atoms with Crippen LogP contribution in [-0.4, -0.2) is 17.6 Å². The van der Waals surface area contributed by atoms with Gasteiger partial charge in [-0.15, -0.1) is 0 Å². The van der Waals surface area contributed by atoms with Crippen LogP contribution < -0.4 is 5.73 Å². The lowest BCUT2D eigenvalue weighted by molar-refractivity contribution is -0.138. The molecule has 1 atom stereocenters. The molecule has 0 bridgehead atoms. The van der Waals surface area contributed by atoms with Crippen LogP contribution in [0.3, 0.4) is 0 Å². The molecular formula is C11H14FNO2. The van der Waals surface area contributed by atoms with Crippen molar-refractivity contribution in [3.05, 3.63) is 35.6 Å². The third-order valence-electron chi connectivity index (χ3n) is 2.52. The smallest absolute Gasteiger partial charge is 0.304 e. The largest absolute Gasteiger partial charge is 0.481 e. The Morgan fingerprint density at radius 3 is 2.60 bits per heavy atom. The van der Waals surface area contributed by atoms with Crippen molar-refractivity contribution in [2.24, 2.45) is 5.73 Å². The van der Waals surface area contributed by atoms with E-state index in [1.807, 2.05) is 0 Å². The summed E-state index contributed by atoms with van der Waals surface area (Å²) in [6.45, 7) is 1.75.